The third kappa shape index (κ3) is 3.80. The highest BCUT2D eigenvalue weighted by Gasteiger charge is 2.26. The van der Waals surface area contributed by atoms with E-state index in [4.69, 9.17) is 0 Å². The van der Waals surface area contributed by atoms with Crippen LogP contribution in [0.5, 0.6) is 0 Å². The second-order valence-electron chi connectivity index (χ2n) is 5.39. The molecular formula is C16H24N2O. The second kappa shape index (κ2) is 6.71. The van der Waals surface area contributed by atoms with Crippen LogP contribution in [0.4, 0.5) is 0 Å². The van der Waals surface area contributed by atoms with Crippen molar-refractivity contribution >= 4 is 5.91 Å². The highest BCUT2D eigenvalue weighted by atomic mass is 16.2. The third-order valence-electron chi connectivity index (χ3n) is 3.66. The van der Waals surface area contributed by atoms with E-state index < -0.39 is 0 Å². The Hall–Kier alpha value is -1.35. The van der Waals surface area contributed by atoms with Crippen molar-refractivity contribution in [3.63, 3.8) is 0 Å². The molecular weight excluding hydrogens is 236 g/mol. The van der Waals surface area contributed by atoms with Crippen LogP contribution in [0.15, 0.2) is 24.3 Å². The van der Waals surface area contributed by atoms with Gasteiger partial charge in [-0.1, -0.05) is 36.8 Å². The van der Waals surface area contributed by atoms with E-state index in [2.05, 4.69) is 43.4 Å². The number of nitrogens with one attached hydrogen (secondary N) is 1. The first-order valence-electron chi connectivity index (χ1n) is 7.28. The predicted molar refractivity (Wildman–Crippen MR) is 77.9 cm³/mol. The van der Waals surface area contributed by atoms with Crippen LogP contribution >= 0.6 is 0 Å². The van der Waals surface area contributed by atoms with Crippen molar-refractivity contribution in [3.8, 4) is 0 Å². The number of nitrogens with zero attached hydrogens (tertiary/aromatic N) is 1. The van der Waals surface area contributed by atoms with E-state index in [1.807, 2.05) is 4.90 Å². The average molecular weight is 260 g/mol. The summed E-state index contributed by atoms with van der Waals surface area (Å²) in [6, 6.07) is 8.49. The Labute approximate surface area is 116 Å². The summed E-state index contributed by atoms with van der Waals surface area (Å²) in [4.78, 5) is 14.5. The zero-order valence-electron chi connectivity index (χ0n) is 12.0. The molecule has 0 radical (unpaired) electrons. The number of carbonyl (C=O) groups is 1. The largest absolute Gasteiger partial charge is 0.337 e. The molecule has 1 heterocycles. The van der Waals surface area contributed by atoms with Crippen LogP contribution in [0.3, 0.4) is 0 Å². The summed E-state index contributed by atoms with van der Waals surface area (Å²) in [6.45, 7) is 6.75. The molecule has 1 aromatic rings. The zero-order valence-corrected chi connectivity index (χ0v) is 12.0. The van der Waals surface area contributed by atoms with Crippen LogP contribution in [0, 0.1) is 6.92 Å². The smallest absolute Gasteiger partial charge is 0.240 e. The molecule has 1 atom stereocenters. The topological polar surface area (TPSA) is 32.3 Å². The molecule has 0 spiro atoms. The summed E-state index contributed by atoms with van der Waals surface area (Å²) in [5.74, 6) is 0.264. The third-order valence-corrected chi connectivity index (χ3v) is 3.66. The Kier molecular flexibility index (Phi) is 4.97. The lowest BCUT2D eigenvalue weighted by Crippen LogP contribution is -2.43. The van der Waals surface area contributed by atoms with Crippen LogP contribution in [-0.2, 0) is 11.3 Å². The summed E-state index contributed by atoms with van der Waals surface area (Å²) < 4.78 is 0. The molecule has 1 aliphatic heterocycles. The van der Waals surface area contributed by atoms with Gasteiger partial charge < -0.3 is 10.2 Å². The molecule has 0 saturated carbocycles. The van der Waals surface area contributed by atoms with Crippen molar-refractivity contribution in [2.45, 2.75) is 45.7 Å². The first kappa shape index (κ1) is 14.1. The molecule has 2 rings (SSSR count). The summed E-state index contributed by atoms with van der Waals surface area (Å²) in [5.41, 5.74) is 2.47. The van der Waals surface area contributed by atoms with Gasteiger partial charge in [-0.25, -0.2) is 0 Å². The van der Waals surface area contributed by atoms with Crippen molar-refractivity contribution in [3.05, 3.63) is 35.4 Å². The van der Waals surface area contributed by atoms with E-state index in [1.165, 1.54) is 11.1 Å². The van der Waals surface area contributed by atoms with Gasteiger partial charge in [0, 0.05) is 13.1 Å². The molecule has 104 valence electrons. The fourth-order valence-corrected chi connectivity index (χ4v) is 2.57. The number of carbonyl (C=O) groups excluding carboxylic acids is 1. The fourth-order valence-electron chi connectivity index (χ4n) is 2.57. The molecule has 1 aromatic carbocycles. The van der Waals surface area contributed by atoms with Crippen LogP contribution in [-0.4, -0.2) is 29.9 Å². The standard InChI is InChI=1S/C16H24N2O/c1-3-11-18(16(19)15-5-4-10-17-15)12-14-8-6-13(2)7-9-14/h6-9,15,17H,3-5,10-12H2,1-2H3/t15-/m0/s1. The van der Waals surface area contributed by atoms with Gasteiger partial charge in [-0.3, -0.25) is 4.79 Å². The number of benzene rings is 1. The van der Waals surface area contributed by atoms with Gasteiger partial charge in [-0.05, 0) is 38.3 Å². The SMILES string of the molecule is CCCN(Cc1ccc(C)cc1)C(=O)[C@@H]1CCCN1. The highest BCUT2D eigenvalue weighted by Crippen LogP contribution is 2.13. The molecule has 1 saturated heterocycles. The Morgan fingerprint density at radius 3 is 2.68 bits per heavy atom. The van der Waals surface area contributed by atoms with E-state index in [9.17, 15) is 4.79 Å². The van der Waals surface area contributed by atoms with Gasteiger partial charge in [0.15, 0.2) is 0 Å². The van der Waals surface area contributed by atoms with E-state index in [1.54, 1.807) is 0 Å². The maximum atomic E-state index is 12.5. The Bertz CT molecular complexity index is 407. The van der Waals surface area contributed by atoms with Crippen molar-refractivity contribution in [2.75, 3.05) is 13.1 Å². The van der Waals surface area contributed by atoms with Gasteiger partial charge in [0.05, 0.1) is 6.04 Å². The van der Waals surface area contributed by atoms with E-state index in [-0.39, 0.29) is 11.9 Å². The number of aryl methyl sites for hydroxylation is 1. The number of amides is 1. The van der Waals surface area contributed by atoms with Gasteiger partial charge in [0.25, 0.3) is 0 Å². The maximum Gasteiger partial charge on any atom is 0.240 e. The Balaban J connectivity index is 2.02. The van der Waals surface area contributed by atoms with Crippen molar-refractivity contribution in [2.24, 2.45) is 0 Å². The van der Waals surface area contributed by atoms with Gasteiger partial charge in [-0.2, -0.15) is 0 Å². The Morgan fingerprint density at radius 2 is 2.11 bits per heavy atom. The predicted octanol–water partition coefficient (Wildman–Crippen LogP) is 2.49. The number of hydrogen-bond acceptors (Lipinski definition) is 2. The van der Waals surface area contributed by atoms with Gasteiger partial charge >= 0.3 is 0 Å². The van der Waals surface area contributed by atoms with Gasteiger partial charge in [-0.15, -0.1) is 0 Å². The van der Waals surface area contributed by atoms with E-state index >= 15 is 0 Å². The van der Waals surface area contributed by atoms with E-state index in [0.29, 0.717) is 0 Å². The number of rotatable bonds is 5. The van der Waals surface area contributed by atoms with Crippen molar-refractivity contribution in [1.82, 2.24) is 10.2 Å². The molecule has 3 heteroatoms. The summed E-state index contributed by atoms with van der Waals surface area (Å²) in [7, 11) is 0. The van der Waals surface area contributed by atoms with Crippen LogP contribution in [0.2, 0.25) is 0 Å². The first-order valence-corrected chi connectivity index (χ1v) is 7.28. The lowest BCUT2D eigenvalue weighted by molar-refractivity contribution is -0.133. The maximum absolute atomic E-state index is 12.5. The zero-order chi connectivity index (χ0) is 13.7. The fraction of sp³-hybridized carbons (Fsp3) is 0.562. The minimum atomic E-state index is 0.0389. The first-order chi connectivity index (χ1) is 9.20. The molecule has 0 unspecified atom stereocenters. The second-order valence-corrected chi connectivity index (χ2v) is 5.39. The Morgan fingerprint density at radius 1 is 1.37 bits per heavy atom. The molecule has 3 nitrogen and oxygen atoms in total. The minimum absolute atomic E-state index is 0.0389. The summed E-state index contributed by atoms with van der Waals surface area (Å²) in [6.07, 6.45) is 3.10. The number of hydrogen-bond donors (Lipinski definition) is 1. The van der Waals surface area contributed by atoms with Crippen molar-refractivity contribution < 1.29 is 4.79 Å². The molecule has 1 N–H and O–H groups in total. The molecule has 1 fully saturated rings. The lowest BCUT2D eigenvalue weighted by Gasteiger charge is -2.25. The molecule has 0 bridgehead atoms. The average Bonchev–Trinajstić information content (AvgIpc) is 2.94. The summed E-state index contributed by atoms with van der Waals surface area (Å²) in [5, 5.41) is 3.30. The highest BCUT2D eigenvalue weighted by molar-refractivity contribution is 5.82. The van der Waals surface area contributed by atoms with Crippen LogP contribution in [0.1, 0.15) is 37.3 Å². The van der Waals surface area contributed by atoms with Gasteiger partial charge in [0.1, 0.15) is 0 Å². The molecule has 19 heavy (non-hydrogen) atoms. The lowest BCUT2D eigenvalue weighted by atomic mass is 10.1. The quantitative estimate of drug-likeness (QED) is 0.882. The van der Waals surface area contributed by atoms with Crippen LogP contribution in [0.25, 0.3) is 0 Å². The molecule has 1 aliphatic rings. The van der Waals surface area contributed by atoms with Crippen molar-refractivity contribution in [1.29, 1.82) is 0 Å². The van der Waals surface area contributed by atoms with Gasteiger partial charge in [0.2, 0.25) is 5.91 Å². The van der Waals surface area contributed by atoms with E-state index in [0.717, 1.165) is 38.9 Å². The van der Waals surface area contributed by atoms with Crippen LogP contribution < -0.4 is 5.32 Å². The normalized spacial score (nSPS) is 18.5. The molecule has 0 aromatic heterocycles. The molecule has 0 aliphatic carbocycles. The summed E-state index contributed by atoms with van der Waals surface area (Å²) >= 11 is 0. The minimum Gasteiger partial charge on any atom is -0.337 e. The monoisotopic (exact) mass is 260 g/mol. The molecule has 1 amide bonds.